The number of sulfonamides is 1. The second-order valence-electron chi connectivity index (χ2n) is 4.30. The van der Waals surface area contributed by atoms with Gasteiger partial charge in [-0.15, -0.1) is 0 Å². The third-order valence-corrected chi connectivity index (χ3v) is 4.11. The highest BCUT2D eigenvalue weighted by Crippen LogP contribution is 2.24. The summed E-state index contributed by atoms with van der Waals surface area (Å²) in [6, 6.07) is 2.15. The van der Waals surface area contributed by atoms with Gasteiger partial charge in [0.2, 0.25) is 0 Å². The van der Waals surface area contributed by atoms with E-state index in [2.05, 4.69) is 0 Å². The van der Waals surface area contributed by atoms with Gasteiger partial charge in [0.1, 0.15) is 28.2 Å². The van der Waals surface area contributed by atoms with E-state index in [1.54, 1.807) is 4.72 Å². The van der Waals surface area contributed by atoms with Crippen LogP contribution in [0.1, 0.15) is 10.4 Å². The van der Waals surface area contributed by atoms with Crippen molar-refractivity contribution in [1.82, 2.24) is 0 Å². The second-order valence-corrected chi connectivity index (χ2v) is 5.95. The van der Waals surface area contributed by atoms with E-state index in [0.717, 1.165) is 0 Å². The minimum Gasteiger partial charge on any atom is -0.478 e. The zero-order chi connectivity index (χ0) is 17.4. The largest absolute Gasteiger partial charge is 0.478 e. The van der Waals surface area contributed by atoms with Gasteiger partial charge < -0.3 is 5.11 Å². The van der Waals surface area contributed by atoms with Crippen molar-refractivity contribution in [3.05, 3.63) is 59.2 Å². The number of carboxylic acid groups (broad SMARTS) is 1. The predicted octanol–water partition coefficient (Wildman–Crippen LogP) is 2.74. The lowest BCUT2D eigenvalue weighted by Crippen LogP contribution is -2.16. The summed E-state index contributed by atoms with van der Waals surface area (Å²) in [7, 11) is -4.69. The molecule has 0 aliphatic heterocycles. The Labute approximate surface area is 127 Å². The number of carbonyl (C=O) groups is 1. The molecule has 0 atom stereocenters. The van der Waals surface area contributed by atoms with Gasteiger partial charge in [0.05, 0.1) is 11.3 Å². The summed E-state index contributed by atoms with van der Waals surface area (Å²) in [5.41, 5.74) is -1.88. The van der Waals surface area contributed by atoms with E-state index in [4.69, 9.17) is 5.11 Å². The Morgan fingerprint density at radius 1 is 0.957 bits per heavy atom. The SMILES string of the molecule is O=C(O)c1cc(NS(=O)(=O)c2ccc(F)cc2F)c(F)cc1F. The minimum absolute atomic E-state index is 0.169. The maximum Gasteiger partial charge on any atom is 0.338 e. The number of anilines is 1. The molecule has 0 heterocycles. The van der Waals surface area contributed by atoms with Gasteiger partial charge in [-0.3, -0.25) is 4.72 Å². The molecule has 10 heteroatoms. The summed E-state index contributed by atoms with van der Waals surface area (Å²) < 4.78 is 78.7. The molecule has 0 aliphatic rings. The summed E-state index contributed by atoms with van der Waals surface area (Å²) in [6.07, 6.45) is 0. The molecule has 0 unspecified atom stereocenters. The highest BCUT2D eigenvalue weighted by atomic mass is 32.2. The zero-order valence-corrected chi connectivity index (χ0v) is 11.8. The number of hydrogen-bond acceptors (Lipinski definition) is 3. The molecule has 2 aromatic carbocycles. The van der Waals surface area contributed by atoms with Crippen LogP contribution in [0.15, 0.2) is 35.2 Å². The first-order valence-electron chi connectivity index (χ1n) is 5.82. The van der Waals surface area contributed by atoms with Crippen LogP contribution in [-0.4, -0.2) is 19.5 Å². The minimum atomic E-state index is -4.69. The average molecular weight is 349 g/mol. The lowest BCUT2D eigenvalue weighted by molar-refractivity contribution is 0.0692. The van der Waals surface area contributed by atoms with Crippen LogP contribution in [0.3, 0.4) is 0 Å². The maximum atomic E-state index is 13.6. The fraction of sp³-hybridized carbons (Fsp3) is 0. The van der Waals surface area contributed by atoms with Gasteiger partial charge in [-0.2, -0.15) is 0 Å². The summed E-state index contributed by atoms with van der Waals surface area (Å²) in [6.45, 7) is 0. The van der Waals surface area contributed by atoms with Gasteiger partial charge in [-0.1, -0.05) is 0 Å². The molecule has 0 saturated carbocycles. The van der Waals surface area contributed by atoms with E-state index in [0.29, 0.717) is 24.3 Å². The van der Waals surface area contributed by atoms with E-state index in [-0.39, 0.29) is 6.07 Å². The van der Waals surface area contributed by atoms with Crippen LogP contribution in [0.4, 0.5) is 23.2 Å². The van der Waals surface area contributed by atoms with Crippen LogP contribution in [0.5, 0.6) is 0 Å². The second kappa shape index (κ2) is 5.88. The van der Waals surface area contributed by atoms with Crippen molar-refractivity contribution in [2.24, 2.45) is 0 Å². The average Bonchev–Trinajstić information content (AvgIpc) is 2.40. The van der Waals surface area contributed by atoms with E-state index in [1.807, 2.05) is 0 Å². The van der Waals surface area contributed by atoms with Crippen LogP contribution in [-0.2, 0) is 10.0 Å². The van der Waals surface area contributed by atoms with Crippen molar-refractivity contribution in [3.63, 3.8) is 0 Å². The molecule has 122 valence electrons. The van der Waals surface area contributed by atoms with E-state index >= 15 is 0 Å². The topological polar surface area (TPSA) is 83.5 Å². The first-order chi connectivity index (χ1) is 10.6. The van der Waals surface area contributed by atoms with Crippen LogP contribution >= 0.6 is 0 Å². The van der Waals surface area contributed by atoms with Gasteiger partial charge in [0.25, 0.3) is 10.0 Å². The van der Waals surface area contributed by atoms with Crippen LogP contribution in [0.25, 0.3) is 0 Å². The van der Waals surface area contributed by atoms with Gasteiger partial charge in [0.15, 0.2) is 0 Å². The molecule has 2 N–H and O–H groups in total. The van der Waals surface area contributed by atoms with Gasteiger partial charge in [-0.25, -0.2) is 30.8 Å². The normalized spacial score (nSPS) is 11.3. The lowest BCUT2D eigenvalue weighted by atomic mass is 10.2. The van der Waals surface area contributed by atoms with Gasteiger partial charge >= 0.3 is 5.97 Å². The summed E-state index contributed by atoms with van der Waals surface area (Å²) in [5, 5.41) is 8.73. The van der Waals surface area contributed by atoms with Crippen molar-refractivity contribution in [2.45, 2.75) is 4.90 Å². The Hall–Kier alpha value is -2.62. The molecule has 0 amide bonds. The molecule has 0 fully saturated rings. The highest BCUT2D eigenvalue weighted by Gasteiger charge is 2.23. The van der Waals surface area contributed by atoms with Crippen molar-refractivity contribution in [1.29, 1.82) is 0 Å². The molecule has 0 spiro atoms. The Bertz CT molecular complexity index is 899. The summed E-state index contributed by atoms with van der Waals surface area (Å²) in [5.74, 6) is -7.03. The molecule has 23 heavy (non-hydrogen) atoms. The lowest BCUT2D eigenvalue weighted by Gasteiger charge is -2.11. The molecule has 0 aliphatic carbocycles. The number of hydrogen-bond donors (Lipinski definition) is 2. The Morgan fingerprint density at radius 2 is 1.61 bits per heavy atom. The Kier molecular flexibility index (Phi) is 4.28. The standard InChI is InChI=1S/C13H7F4NO4S/c14-6-1-2-12(10(17)3-6)23(21,22)18-11-4-7(13(19)20)8(15)5-9(11)16/h1-5,18H,(H,19,20). The third-order valence-electron chi connectivity index (χ3n) is 2.71. The van der Waals surface area contributed by atoms with E-state index < -0.39 is 55.4 Å². The van der Waals surface area contributed by atoms with Crippen LogP contribution in [0.2, 0.25) is 0 Å². The number of rotatable bonds is 4. The maximum absolute atomic E-state index is 13.6. The molecule has 0 bridgehead atoms. The Morgan fingerprint density at radius 3 is 2.17 bits per heavy atom. The van der Waals surface area contributed by atoms with E-state index in [9.17, 15) is 30.8 Å². The summed E-state index contributed by atoms with van der Waals surface area (Å²) >= 11 is 0. The zero-order valence-electron chi connectivity index (χ0n) is 11.0. The fourth-order valence-electron chi connectivity index (χ4n) is 1.68. The van der Waals surface area contributed by atoms with Crippen molar-refractivity contribution in [2.75, 3.05) is 4.72 Å². The molecule has 5 nitrogen and oxygen atoms in total. The van der Waals surface area contributed by atoms with E-state index in [1.165, 1.54) is 0 Å². The van der Waals surface area contributed by atoms with Crippen molar-refractivity contribution >= 4 is 21.7 Å². The van der Waals surface area contributed by atoms with Crippen molar-refractivity contribution < 1.29 is 35.9 Å². The van der Waals surface area contributed by atoms with Crippen LogP contribution < -0.4 is 4.72 Å². The number of benzene rings is 2. The first-order valence-corrected chi connectivity index (χ1v) is 7.30. The van der Waals surface area contributed by atoms with Gasteiger partial charge in [-0.05, 0) is 18.2 Å². The van der Waals surface area contributed by atoms with Crippen molar-refractivity contribution in [3.8, 4) is 0 Å². The molecule has 0 aromatic heterocycles. The quantitative estimate of drug-likeness (QED) is 0.832. The summed E-state index contributed by atoms with van der Waals surface area (Å²) in [4.78, 5) is 9.78. The predicted molar refractivity (Wildman–Crippen MR) is 70.5 cm³/mol. The number of carboxylic acids is 1. The number of nitrogens with one attached hydrogen (secondary N) is 1. The number of halogens is 4. The molecule has 2 aromatic rings. The molecular weight excluding hydrogens is 342 g/mol. The monoisotopic (exact) mass is 349 g/mol. The molecular formula is C13H7F4NO4S. The Balaban J connectivity index is 2.49. The highest BCUT2D eigenvalue weighted by molar-refractivity contribution is 7.92. The number of aromatic carboxylic acids is 1. The molecule has 0 radical (unpaired) electrons. The fourth-order valence-corrected chi connectivity index (χ4v) is 2.80. The van der Waals surface area contributed by atoms with Crippen LogP contribution in [0, 0.1) is 23.3 Å². The third kappa shape index (κ3) is 3.42. The smallest absolute Gasteiger partial charge is 0.338 e. The molecule has 2 rings (SSSR count). The first kappa shape index (κ1) is 16.7. The van der Waals surface area contributed by atoms with Gasteiger partial charge in [0, 0.05) is 12.1 Å². The molecule has 0 saturated heterocycles.